The molecule has 3 aromatic heterocycles. The van der Waals surface area contributed by atoms with E-state index in [4.69, 9.17) is 0 Å². The first-order valence-corrected chi connectivity index (χ1v) is 7.78. The van der Waals surface area contributed by atoms with Crippen LogP contribution in [0.1, 0.15) is 36.2 Å². The van der Waals surface area contributed by atoms with Crippen molar-refractivity contribution in [3.05, 3.63) is 42.2 Å². The largest absolute Gasteiger partial charge is 0.349 e. The maximum atomic E-state index is 12.6. The van der Waals surface area contributed by atoms with Crippen molar-refractivity contribution in [1.29, 1.82) is 0 Å². The number of carbonyl (C=O) groups is 1. The molecule has 0 radical (unpaired) electrons. The Morgan fingerprint density at radius 2 is 2.21 bits per heavy atom. The molecule has 0 saturated heterocycles. The quantitative estimate of drug-likeness (QED) is 0.775. The van der Waals surface area contributed by atoms with Gasteiger partial charge in [0.15, 0.2) is 5.82 Å². The zero-order valence-corrected chi connectivity index (χ0v) is 14.3. The van der Waals surface area contributed by atoms with Crippen molar-refractivity contribution in [2.45, 2.75) is 26.4 Å². The van der Waals surface area contributed by atoms with Crippen LogP contribution in [0.2, 0.25) is 0 Å². The van der Waals surface area contributed by atoms with Gasteiger partial charge in [-0.25, -0.2) is 0 Å². The number of aromatic nitrogens is 6. The van der Waals surface area contributed by atoms with E-state index >= 15 is 0 Å². The Morgan fingerprint density at radius 1 is 1.42 bits per heavy atom. The van der Waals surface area contributed by atoms with Gasteiger partial charge in [-0.15, -0.1) is 10.2 Å². The first-order valence-electron chi connectivity index (χ1n) is 7.78. The molecule has 0 fully saturated rings. The number of nitrogens with one attached hydrogen (secondary N) is 1. The summed E-state index contributed by atoms with van der Waals surface area (Å²) < 4.78 is 3.91. The summed E-state index contributed by atoms with van der Waals surface area (Å²) >= 11 is 0. The lowest BCUT2D eigenvalue weighted by atomic mass is 10.2. The van der Waals surface area contributed by atoms with Gasteiger partial charge in [-0.2, -0.15) is 5.10 Å². The van der Waals surface area contributed by atoms with Crippen LogP contribution in [0, 0.1) is 0 Å². The minimum atomic E-state index is -0.138. The zero-order valence-electron chi connectivity index (χ0n) is 14.3. The Morgan fingerprint density at radius 3 is 2.88 bits per heavy atom. The smallest absolute Gasteiger partial charge is 0.272 e. The lowest BCUT2D eigenvalue weighted by molar-refractivity contribution is 0.0773. The molecule has 0 spiro atoms. The van der Waals surface area contributed by atoms with Crippen LogP contribution in [0.5, 0.6) is 0 Å². The average molecular weight is 327 g/mol. The molecule has 1 amide bonds. The second-order valence-corrected chi connectivity index (χ2v) is 6.08. The number of H-pyrrole nitrogens is 1. The van der Waals surface area contributed by atoms with Gasteiger partial charge in [0.05, 0.1) is 12.2 Å². The highest BCUT2D eigenvalue weighted by atomic mass is 16.2. The van der Waals surface area contributed by atoms with Crippen molar-refractivity contribution in [2.24, 2.45) is 7.05 Å². The molecule has 0 aliphatic carbocycles. The third-order valence-corrected chi connectivity index (χ3v) is 3.94. The summed E-state index contributed by atoms with van der Waals surface area (Å²) in [5, 5.41) is 15.1. The molecule has 126 valence electrons. The van der Waals surface area contributed by atoms with Crippen molar-refractivity contribution >= 4 is 5.91 Å². The fourth-order valence-corrected chi connectivity index (χ4v) is 2.59. The summed E-state index contributed by atoms with van der Waals surface area (Å²) in [5.74, 6) is 0.615. The van der Waals surface area contributed by atoms with Crippen LogP contribution < -0.4 is 0 Å². The Balaban J connectivity index is 1.76. The number of amides is 1. The number of hydrogen-bond donors (Lipinski definition) is 1. The normalized spacial score (nSPS) is 11.2. The molecule has 0 aliphatic rings. The highest BCUT2D eigenvalue weighted by molar-refractivity contribution is 5.93. The Bertz CT molecular complexity index is 842. The molecule has 3 heterocycles. The van der Waals surface area contributed by atoms with Crippen molar-refractivity contribution in [3.8, 4) is 11.4 Å². The summed E-state index contributed by atoms with van der Waals surface area (Å²) in [6, 6.07) is 5.91. The molecule has 0 aliphatic heterocycles. The highest BCUT2D eigenvalue weighted by Gasteiger charge is 2.19. The maximum Gasteiger partial charge on any atom is 0.272 e. The van der Waals surface area contributed by atoms with Gasteiger partial charge < -0.3 is 14.0 Å². The van der Waals surface area contributed by atoms with Crippen LogP contribution in [-0.2, 0) is 13.6 Å². The summed E-state index contributed by atoms with van der Waals surface area (Å²) in [6.45, 7) is 4.49. The van der Waals surface area contributed by atoms with Gasteiger partial charge in [0.2, 0.25) is 0 Å². The van der Waals surface area contributed by atoms with E-state index in [2.05, 4.69) is 34.2 Å². The van der Waals surface area contributed by atoms with Crippen molar-refractivity contribution < 1.29 is 4.79 Å². The van der Waals surface area contributed by atoms with Gasteiger partial charge in [0.1, 0.15) is 17.7 Å². The van der Waals surface area contributed by atoms with E-state index in [-0.39, 0.29) is 11.9 Å². The third kappa shape index (κ3) is 2.94. The van der Waals surface area contributed by atoms with Crippen LogP contribution >= 0.6 is 0 Å². The van der Waals surface area contributed by atoms with E-state index < -0.39 is 0 Å². The minimum absolute atomic E-state index is 0.138. The molecule has 8 heteroatoms. The molecular formula is C16H21N7O. The number of aryl methyl sites for hydroxylation is 1. The summed E-state index contributed by atoms with van der Waals surface area (Å²) in [4.78, 5) is 14.2. The first-order chi connectivity index (χ1) is 11.5. The summed E-state index contributed by atoms with van der Waals surface area (Å²) in [6.07, 6.45) is 3.62. The average Bonchev–Trinajstić information content (AvgIpc) is 3.25. The van der Waals surface area contributed by atoms with Crippen molar-refractivity contribution in [2.75, 3.05) is 7.05 Å². The maximum absolute atomic E-state index is 12.6. The van der Waals surface area contributed by atoms with Crippen LogP contribution in [-0.4, -0.2) is 47.4 Å². The van der Waals surface area contributed by atoms with E-state index in [0.29, 0.717) is 12.2 Å². The van der Waals surface area contributed by atoms with Crippen LogP contribution in [0.4, 0.5) is 0 Å². The fraction of sp³-hybridized carbons (Fsp3) is 0.375. The van der Waals surface area contributed by atoms with Crippen LogP contribution in [0.3, 0.4) is 0 Å². The molecule has 0 bridgehead atoms. The van der Waals surface area contributed by atoms with Crippen LogP contribution in [0.15, 0.2) is 30.7 Å². The van der Waals surface area contributed by atoms with Gasteiger partial charge in [-0.05, 0) is 32.0 Å². The van der Waals surface area contributed by atoms with Gasteiger partial charge in [-0.3, -0.25) is 9.89 Å². The standard InChI is InChI=1S/C16H21N7O/c1-11(2)23-10-17-20-15(23)9-22(4)16(24)13-8-12(18-19-13)14-6-5-7-21(14)3/h5-8,10-11H,9H2,1-4H3,(H,18,19). The van der Waals surface area contributed by atoms with Crippen molar-refractivity contribution in [1.82, 2.24) is 34.4 Å². The number of aromatic amines is 1. The molecule has 3 rings (SSSR count). The Kier molecular flexibility index (Phi) is 4.20. The third-order valence-electron chi connectivity index (χ3n) is 3.94. The molecule has 8 nitrogen and oxygen atoms in total. The second kappa shape index (κ2) is 6.31. The summed E-state index contributed by atoms with van der Waals surface area (Å²) in [7, 11) is 3.68. The fourth-order valence-electron chi connectivity index (χ4n) is 2.59. The zero-order chi connectivity index (χ0) is 17.3. The number of hydrogen-bond acceptors (Lipinski definition) is 4. The van der Waals surface area contributed by atoms with Crippen molar-refractivity contribution in [3.63, 3.8) is 0 Å². The molecule has 0 atom stereocenters. The topological polar surface area (TPSA) is 84.6 Å². The van der Waals surface area contributed by atoms with E-state index in [9.17, 15) is 4.79 Å². The van der Waals surface area contributed by atoms with Gasteiger partial charge in [0, 0.05) is 26.3 Å². The molecular weight excluding hydrogens is 306 g/mol. The molecule has 0 saturated carbocycles. The predicted molar refractivity (Wildman–Crippen MR) is 89.2 cm³/mol. The Labute approximate surface area is 140 Å². The predicted octanol–water partition coefficient (Wildman–Crippen LogP) is 1.86. The van der Waals surface area contributed by atoms with Gasteiger partial charge in [-0.1, -0.05) is 0 Å². The second-order valence-electron chi connectivity index (χ2n) is 6.08. The number of carbonyl (C=O) groups excluding carboxylic acids is 1. The SMILES string of the molecule is CC(C)n1cnnc1CN(C)C(=O)c1cc(-c2cccn2C)n[nH]1. The lowest BCUT2D eigenvalue weighted by Crippen LogP contribution is -2.28. The van der Waals surface area contributed by atoms with Gasteiger partial charge >= 0.3 is 0 Å². The van der Waals surface area contributed by atoms with E-state index in [0.717, 1.165) is 17.2 Å². The Hall–Kier alpha value is -2.90. The van der Waals surface area contributed by atoms with E-state index in [1.165, 1.54) is 0 Å². The lowest BCUT2D eigenvalue weighted by Gasteiger charge is -2.17. The monoisotopic (exact) mass is 327 g/mol. The highest BCUT2D eigenvalue weighted by Crippen LogP contribution is 2.18. The molecule has 1 N–H and O–H groups in total. The van der Waals surface area contributed by atoms with Crippen LogP contribution in [0.25, 0.3) is 11.4 Å². The minimum Gasteiger partial charge on any atom is -0.349 e. The number of nitrogens with zero attached hydrogens (tertiary/aromatic N) is 6. The first kappa shape index (κ1) is 16.0. The molecule has 0 aromatic carbocycles. The molecule has 24 heavy (non-hydrogen) atoms. The summed E-state index contributed by atoms with van der Waals surface area (Å²) in [5.41, 5.74) is 2.14. The van der Waals surface area contributed by atoms with E-state index in [1.807, 2.05) is 34.5 Å². The number of rotatable bonds is 5. The molecule has 0 unspecified atom stereocenters. The van der Waals surface area contributed by atoms with Gasteiger partial charge in [0.25, 0.3) is 5.91 Å². The van der Waals surface area contributed by atoms with E-state index in [1.54, 1.807) is 24.3 Å². The molecule has 3 aromatic rings.